The van der Waals surface area contributed by atoms with E-state index in [1.165, 1.54) is 0 Å². The summed E-state index contributed by atoms with van der Waals surface area (Å²) in [6, 6.07) is 20.9. The second-order valence-corrected chi connectivity index (χ2v) is 8.84. The number of ether oxygens (including phenoxy) is 5. The van der Waals surface area contributed by atoms with Crippen LogP contribution in [0.2, 0.25) is 0 Å². The molecule has 0 spiro atoms. The molecular formula is C30H31N5O5. The molecule has 0 radical (unpaired) electrons. The Labute approximate surface area is 233 Å². The number of nitrogens with one attached hydrogen (secondary N) is 1. The van der Waals surface area contributed by atoms with Gasteiger partial charge in [-0.3, -0.25) is 0 Å². The zero-order valence-electron chi connectivity index (χ0n) is 22.7. The van der Waals surface area contributed by atoms with Crippen molar-refractivity contribution in [3.63, 3.8) is 0 Å². The molecule has 0 atom stereocenters. The Bertz CT molecular complexity index is 1430. The number of methoxy groups -OCH3 is 3. The van der Waals surface area contributed by atoms with Crippen molar-refractivity contribution in [1.82, 2.24) is 9.97 Å². The molecule has 0 bridgehead atoms. The fourth-order valence-electron chi connectivity index (χ4n) is 4.11. The van der Waals surface area contributed by atoms with Gasteiger partial charge in [0.25, 0.3) is 0 Å². The first-order chi connectivity index (χ1) is 19.6. The fraction of sp³-hybridized carbons (Fsp3) is 0.233. The smallest absolute Gasteiger partial charge is 0.250 e. The summed E-state index contributed by atoms with van der Waals surface area (Å²) in [5.74, 6) is 3.19. The molecule has 1 aliphatic heterocycles. The first-order valence-corrected chi connectivity index (χ1v) is 12.8. The SMILES string of the molecule is COc1cc(/C=N/c2cnc(Nc3ccc(N4CCOCC4)cc3)nc2Oc2cccc(OC)c2)cc(OC)c1. The predicted octanol–water partition coefficient (Wildman–Crippen LogP) is 5.63. The van der Waals surface area contributed by atoms with E-state index in [-0.39, 0.29) is 5.88 Å². The van der Waals surface area contributed by atoms with E-state index in [1.807, 2.05) is 42.5 Å². The Balaban J connectivity index is 1.41. The Morgan fingerprint density at radius 1 is 0.850 bits per heavy atom. The van der Waals surface area contributed by atoms with Crippen LogP contribution < -0.4 is 29.2 Å². The quantitative estimate of drug-likeness (QED) is 0.256. The average Bonchev–Trinajstić information content (AvgIpc) is 3.01. The second-order valence-electron chi connectivity index (χ2n) is 8.84. The molecule has 4 aromatic rings. The van der Waals surface area contributed by atoms with Gasteiger partial charge < -0.3 is 33.9 Å². The molecule has 10 nitrogen and oxygen atoms in total. The molecule has 0 saturated carbocycles. The monoisotopic (exact) mass is 541 g/mol. The molecule has 10 heteroatoms. The van der Waals surface area contributed by atoms with Crippen molar-refractivity contribution in [1.29, 1.82) is 0 Å². The Kier molecular flexibility index (Phi) is 8.57. The number of anilines is 3. The molecule has 3 aromatic carbocycles. The minimum atomic E-state index is 0.279. The zero-order chi connectivity index (χ0) is 27.7. The molecule has 0 amide bonds. The van der Waals surface area contributed by atoms with E-state index in [1.54, 1.807) is 45.9 Å². The lowest BCUT2D eigenvalue weighted by Gasteiger charge is -2.28. The highest BCUT2D eigenvalue weighted by Gasteiger charge is 2.13. The van der Waals surface area contributed by atoms with Gasteiger partial charge in [-0.15, -0.1) is 0 Å². The third-order valence-electron chi connectivity index (χ3n) is 6.22. The van der Waals surface area contributed by atoms with Crippen LogP contribution in [0.4, 0.5) is 23.0 Å². The Morgan fingerprint density at radius 3 is 2.23 bits per heavy atom. The summed E-state index contributed by atoms with van der Waals surface area (Å²) in [4.78, 5) is 16.0. The molecule has 1 N–H and O–H groups in total. The standard InChI is InChI=1S/C30H31N5O5/c1-36-24-5-4-6-25(17-24)40-29-28(31-19-21-15-26(37-2)18-27(16-21)38-3)20-32-30(34-29)33-22-7-9-23(10-8-22)35-11-13-39-14-12-35/h4-10,15-20H,11-14H2,1-3H3,(H,32,33,34)/b31-19+. The molecule has 1 aliphatic rings. The summed E-state index contributed by atoms with van der Waals surface area (Å²) in [7, 11) is 4.81. The van der Waals surface area contributed by atoms with Gasteiger partial charge >= 0.3 is 0 Å². The molecule has 2 heterocycles. The summed E-state index contributed by atoms with van der Waals surface area (Å²) < 4.78 is 27.7. The normalized spacial score (nSPS) is 13.2. The molecule has 0 unspecified atom stereocenters. The maximum atomic E-state index is 6.15. The van der Waals surface area contributed by atoms with Gasteiger partial charge in [0.15, 0.2) is 0 Å². The molecule has 40 heavy (non-hydrogen) atoms. The van der Waals surface area contributed by atoms with Gasteiger partial charge in [0.05, 0.1) is 40.7 Å². The molecule has 1 saturated heterocycles. The maximum absolute atomic E-state index is 6.15. The lowest BCUT2D eigenvalue weighted by Crippen LogP contribution is -2.36. The molecular weight excluding hydrogens is 510 g/mol. The van der Waals surface area contributed by atoms with E-state index < -0.39 is 0 Å². The molecule has 206 valence electrons. The summed E-state index contributed by atoms with van der Waals surface area (Å²) in [5, 5.41) is 3.26. The van der Waals surface area contributed by atoms with Gasteiger partial charge in [0, 0.05) is 48.4 Å². The number of benzene rings is 3. The van der Waals surface area contributed by atoms with E-state index in [0.29, 0.717) is 34.6 Å². The van der Waals surface area contributed by atoms with Crippen LogP contribution in [-0.4, -0.2) is 63.8 Å². The predicted molar refractivity (Wildman–Crippen MR) is 155 cm³/mol. The largest absolute Gasteiger partial charge is 0.497 e. The highest BCUT2D eigenvalue weighted by molar-refractivity contribution is 5.84. The molecule has 1 aromatic heterocycles. The van der Waals surface area contributed by atoms with Crippen molar-refractivity contribution in [2.75, 3.05) is 57.8 Å². The van der Waals surface area contributed by atoms with Crippen LogP contribution in [-0.2, 0) is 4.74 Å². The molecule has 5 rings (SSSR count). The minimum Gasteiger partial charge on any atom is -0.497 e. The molecule has 0 aliphatic carbocycles. The van der Waals surface area contributed by atoms with E-state index in [2.05, 4.69) is 37.3 Å². The van der Waals surface area contributed by atoms with Crippen LogP contribution in [0.1, 0.15) is 5.56 Å². The first kappa shape index (κ1) is 26.8. The van der Waals surface area contributed by atoms with Crippen LogP contribution in [0.5, 0.6) is 28.9 Å². The third kappa shape index (κ3) is 6.78. The van der Waals surface area contributed by atoms with Gasteiger partial charge in [0.1, 0.15) is 28.7 Å². The van der Waals surface area contributed by atoms with Gasteiger partial charge in [-0.1, -0.05) is 6.07 Å². The zero-order valence-corrected chi connectivity index (χ0v) is 22.7. The summed E-state index contributed by atoms with van der Waals surface area (Å²) in [5.41, 5.74) is 3.23. The van der Waals surface area contributed by atoms with E-state index in [0.717, 1.165) is 43.2 Å². The van der Waals surface area contributed by atoms with Crippen LogP contribution in [0.25, 0.3) is 0 Å². The van der Waals surface area contributed by atoms with Crippen molar-refractivity contribution >= 4 is 29.2 Å². The highest BCUT2D eigenvalue weighted by atomic mass is 16.5. The van der Waals surface area contributed by atoms with E-state index in [9.17, 15) is 0 Å². The highest BCUT2D eigenvalue weighted by Crippen LogP contribution is 2.33. The Morgan fingerprint density at radius 2 is 1.52 bits per heavy atom. The van der Waals surface area contributed by atoms with Crippen molar-refractivity contribution in [3.05, 3.63) is 78.5 Å². The number of nitrogens with zero attached hydrogens (tertiary/aromatic N) is 4. The van der Waals surface area contributed by atoms with Crippen molar-refractivity contribution < 1.29 is 23.7 Å². The van der Waals surface area contributed by atoms with Gasteiger partial charge in [-0.05, 0) is 48.5 Å². The van der Waals surface area contributed by atoms with Crippen LogP contribution in [0.15, 0.2) is 77.9 Å². The number of rotatable bonds is 10. The van der Waals surface area contributed by atoms with Crippen LogP contribution >= 0.6 is 0 Å². The first-order valence-electron chi connectivity index (χ1n) is 12.8. The number of aromatic nitrogens is 2. The van der Waals surface area contributed by atoms with Gasteiger partial charge in [0.2, 0.25) is 11.8 Å². The summed E-state index contributed by atoms with van der Waals surface area (Å²) >= 11 is 0. The van der Waals surface area contributed by atoms with E-state index in [4.69, 9.17) is 23.7 Å². The number of morpholine rings is 1. The van der Waals surface area contributed by atoms with E-state index >= 15 is 0 Å². The topological polar surface area (TPSA) is 99.6 Å². The minimum absolute atomic E-state index is 0.279. The Hall–Kier alpha value is -4.83. The molecule has 1 fully saturated rings. The maximum Gasteiger partial charge on any atom is 0.250 e. The van der Waals surface area contributed by atoms with Crippen LogP contribution in [0, 0.1) is 0 Å². The summed E-state index contributed by atoms with van der Waals surface area (Å²) in [6.07, 6.45) is 3.29. The van der Waals surface area contributed by atoms with Crippen molar-refractivity contribution in [3.8, 4) is 28.9 Å². The average molecular weight is 542 g/mol. The fourth-order valence-corrected chi connectivity index (χ4v) is 4.11. The van der Waals surface area contributed by atoms with Crippen LogP contribution in [0.3, 0.4) is 0 Å². The lowest BCUT2D eigenvalue weighted by atomic mass is 10.2. The number of hydrogen-bond donors (Lipinski definition) is 1. The second kappa shape index (κ2) is 12.8. The van der Waals surface area contributed by atoms with Crippen molar-refractivity contribution in [2.24, 2.45) is 4.99 Å². The number of aliphatic imine (C=N–C) groups is 1. The van der Waals surface area contributed by atoms with Crippen molar-refractivity contribution in [2.45, 2.75) is 0 Å². The van der Waals surface area contributed by atoms with Gasteiger partial charge in [-0.2, -0.15) is 4.98 Å². The summed E-state index contributed by atoms with van der Waals surface area (Å²) in [6.45, 7) is 3.24. The van der Waals surface area contributed by atoms with Gasteiger partial charge in [-0.25, -0.2) is 9.98 Å². The lowest BCUT2D eigenvalue weighted by molar-refractivity contribution is 0.122. The number of hydrogen-bond acceptors (Lipinski definition) is 10. The third-order valence-corrected chi connectivity index (χ3v) is 6.22.